The minimum absolute atomic E-state index is 0.0873. The van der Waals surface area contributed by atoms with Crippen LogP contribution in [-0.2, 0) is 0 Å². The molecule has 0 aliphatic carbocycles. The number of benzene rings is 2. The molecule has 5 nitrogen and oxygen atoms in total. The zero-order valence-electron chi connectivity index (χ0n) is 11.0. The second-order valence-corrected chi connectivity index (χ2v) is 4.50. The summed E-state index contributed by atoms with van der Waals surface area (Å²) >= 11 is 0. The summed E-state index contributed by atoms with van der Waals surface area (Å²) < 4.78 is 5.82. The van der Waals surface area contributed by atoms with Gasteiger partial charge in [0, 0.05) is 5.92 Å². The molecule has 20 heavy (non-hydrogen) atoms. The summed E-state index contributed by atoms with van der Waals surface area (Å²) in [6.07, 6.45) is 0. The Morgan fingerprint density at radius 2 is 1.80 bits per heavy atom. The van der Waals surface area contributed by atoms with E-state index in [1.165, 1.54) is 0 Å². The van der Waals surface area contributed by atoms with E-state index in [-0.39, 0.29) is 5.92 Å². The van der Waals surface area contributed by atoms with Crippen LogP contribution in [0.5, 0.6) is 11.5 Å². The van der Waals surface area contributed by atoms with E-state index in [2.05, 4.69) is 20.6 Å². The van der Waals surface area contributed by atoms with E-state index in [0.29, 0.717) is 0 Å². The smallest absolute Gasteiger partial charge is 0.155 e. The Balaban J connectivity index is 1.83. The third-order valence-corrected chi connectivity index (χ3v) is 3.11. The number of tetrazole rings is 1. The van der Waals surface area contributed by atoms with Crippen LogP contribution in [0, 0.1) is 0 Å². The standard InChI is InChI=1S/C15H14N4O/c1-11(15-16-18-19-17-15)12-6-5-9-14(10-12)20-13-7-3-2-4-8-13/h2-11H,1H3,(H,16,17,18,19). The van der Waals surface area contributed by atoms with Crippen molar-refractivity contribution < 1.29 is 4.74 Å². The molecule has 0 bridgehead atoms. The molecule has 1 unspecified atom stereocenters. The van der Waals surface area contributed by atoms with E-state index in [0.717, 1.165) is 22.9 Å². The maximum Gasteiger partial charge on any atom is 0.155 e. The fraction of sp³-hybridized carbons (Fsp3) is 0.133. The van der Waals surface area contributed by atoms with Crippen molar-refractivity contribution in [3.05, 3.63) is 66.0 Å². The molecule has 1 aromatic heterocycles. The molecule has 3 rings (SSSR count). The van der Waals surface area contributed by atoms with Crippen LogP contribution in [0.2, 0.25) is 0 Å². The quantitative estimate of drug-likeness (QED) is 0.788. The van der Waals surface area contributed by atoms with Crippen LogP contribution >= 0.6 is 0 Å². The van der Waals surface area contributed by atoms with Crippen LogP contribution in [0.25, 0.3) is 0 Å². The molecular weight excluding hydrogens is 252 g/mol. The number of aromatic nitrogens is 4. The van der Waals surface area contributed by atoms with Crippen LogP contribution in [0.15, 0.2) is 54.6 Å². The first-order valence-electron chi connectivity index (χ1n) is 6.39. The Kier molecular flexibility index (Phi) is 3.41. The number of rotatable bonds is 4. The van der Waals surface area contributed by atoms with Crippen molar-refractivity contribution in [1.82, 2.24) is 20.6 Å². The van der Waals surface area contributed by atoms with E-state index in [4.69, 9.17) is 4.74 Å². The number of nitrogens with zero attached hydrogens (tertiary/aromatic N) is 3. The number of ether oxygens (including phenoxy) is 1. The molecule has 0 fully saturated rings. The molecule has 1 atom stereocenters. The molecule has 0 aliphatic rings. The summed E-state index contributed by atoms with van der Waals surface area (Å²) in [4.78, 5) is 0. The minimum Gasteiger partial charge on any atom is -0.457 e. The molecule has 1 N–H and O–H groups in total. The average Bonchev–Trinajstić information content (AvgIpc) is 3.02. The van der Waals surface area contributed by atoms with Gasteiger partial charge in [-0.3, -0.25) is 0 Å². The molecule has 5 heteroatoms. The molecule has 3 aromatic rings. The van der Waals surface area contributed by atoms with Gasteiger partial charge in [0.05, 0.1) is 0 Å². The van der Waals surface area contributed by atoms with E-state index >= 15 is 0 Å². The normalized spacial score (nSPS) is 12.1. The highest BCUT2D eigenvalue weighted by Crippen LogP contribution is 2.27. The van der Waals surface area contributed by atoms with Crippen molar-refractivity contribution in [1.29, 1.82) is 0 Å². The van der Waals surface area contributed by atoms with E-state index in [1.54, 1.807) is 0 Å². The van der Waals surface area contributed by atoms with Gasteiger partial charge in [-0.2, -0.15) is 0 Å². The lowest BCUT2D eigenvalue weighted by atomic mass is 10.0. The van der Waals surface area contributed by atoms with Gasteiger partial charge in [0.25, 0.3) is 0 Å². The van der Waals surface area contributed by atoms with Crippen molar-refractivity contribution in [2.45, 2.75) is 12.8 Å². The second kappa shape index (κ2) is 5.52. The minimum atomic E-state index is 0.0873. The van der Waals surface area contributed by atoms with Gasteiger partial charge in [-0.1, -0.05) is 37.3 Å². The van der Waals surface area contributed by atoms with Crippen molar-refractivity contribution in [2.75, 3.05) is 0 Å². The van der Waals surface area contributed by atoms with Gasteiger partial charge in [0.2, 0.25) is 0 Å². The molecule has 0 spiro atoms. The predicted octanol–water partition coefficient (Wildman–Crippen LogP) is 3.14. The number of para-hydroxylation sites is 1. The van der Waals surface area contributed by atoms with Crippen LogP contribution in [0.1, 0.15) is 24.2 Å². The van der Waals surface area contributed by atoms with E-state index in [9.17, 15) is 0 Å². The highest BCUT2D eigenvalue weighted by atomic mass is 16.5. The number of nitrogens with one attached hydrogen (secondary N) is 1. The zero-order chi connectivity index (χ0) is 13.8. The summed E-state index contributed by atoms with van der Waals surface area (Å²) in [5, 5.41) is 14.0. The van der Waals surface area contributed by atoms with Crippen molar-refractivity contribution in [2.24, 2.45) is 0 Å². The molecule has 2 aromatic carbocycles. The van der Waals surface area contributed by atoms with Gasteiger partial charge in [-0.25, -0.2) is 5.10 Å². The Morgan fingerprint density at radius 1 is 1.00 bits per heavy atom. The highest BCUT2D eigenvalue weighted by Gasteiger charge is 2.12. The Labute approximate surface area is 116 Å². The summed E-state index contributed by atoms with van der Waals surface area (Å²) in [6, 6.07) is 17.6. The van der Waals surface area contributed by atoms with Crippen LogP contribution in [-0.4, -0.2) is 20.6 Å². The maximum atomic E-state index is 5.82. The van der Waals surface area contributed by atoms with Gasteiger partial charge in [0.15, 0.2) is 5.82 Å². The molecular formula is C15H14N4O. The average molecular weight is 266 g/mol. The summed E-state index contributed by atoms with van der Waals surface area (Å²) in [5.74, 6) is 2.44. The Hall–Kier alpha value is -2.69. The van der Waals surface area contributed by atoms with Crippen molar-refractivity contribution in [3.63, 3.8) is 0 Å². The summed E-state index contributed by atoms with van der Waals surface area (Å²) in [6.45, 7) is 2.05. The number of hydrogen-bond acceptors (Lipinski definition) is 4. The summed E-state index contributed by atoms with van der Waals surface area (Å²) in [5.41, 5.74) is 1.09. The predicted molar refractivity (Wildman–Crippen MR) is 74.7 cm³/mol. The van der Waals surface area contributed by atoms with Crippen molar-refractivity contribution >= 4 is 0 Å². The monoisotopic (exact) mass is 266 g/mol. The highest BCUT2D eigenvalue weighted by molar-refractivity contribution is 5.36. The van der Waals surface area contributed by atoms with Gasteiger partial charge < -0.3 is 4.74 Å². The SMILES string of the molecule is CC(c1cccc(Oc2ccccc2)c1)c1nnn[nH]1. The second-order valence-electron chi connectivity index (χ2n) is 4.50. The van der Waals surface area contributed by atoms with Gasteiger partial charge in [0.1, 0.15) is 11.5 Å². The van der Waals surface area contributed by atoms with Crippen LogP contribution in [0.4, 0.5) is 0 Å². The lowest BCUT2D eigenvalue weighted by Gasteiger charge is -2.11. The van der Waals surface area contributed by atoms with Gasteiger partial charge >= 0.3 is 0 Å². The third-order valence-electron chi connectivity index (χ3n) is 3.11. The lowest BCUT2D eigenvalue weighted by molar-refractivity contribution is 0.481. The third kappa shape index (κ3) is 2.66. The number of aromatic amines is 1. The molecule has 0 amide bonds. The molecule has 0 radical (unpaired) electrons. The first-order valence-corrected chi connectivity index (χ1v) is 6.39. The van der Waals surface area contributed by atoms with Crippen LogP contribution < -0.4 is 4.74 Å². The first-order chi connectivity index (χ1) is 9.83. The van der Waals surface area contributed by atoms with E-state index < -0.39 is 0 Å². The molecule has 0 saturated carbocycles. The number of hydrogen-bond donors (Lipinski definition) is 1. The molecule has 0 aliphatic heterocycles. The topological polar surface area (TPSA) is 63.7 Å². The number of H-pyrrole nitrogens is 1. The van der Waals surface area contributed by atoms with Gasteiger partial charge in [-0.15, -0.1) is 5.10 Å². The first kappa shape index (κ1) is 12.3. The fourth-order valence-electron chi connectivity index (χ4n) is 1.98. The van der Waals surface area contributed by atoms with E-state index in [1.807, 2.05) is 61.5 Å². The Bertz CT molecular complexity index is 667. The Morgan fingerprint density at radius 3 is 2.55 bits per heavy atom. The lowest BCUT2D eigenvalue weighted by Crippen LogP contribution is -1.99. The summed E-state index contributed by atoms with van der Waals surface area (Å²) in [7, 11) is 0. The fourth-order valence-corrected chi connectivity index (χ4v) is 1.98. The molecule has 0 saturated heterocycles. The molecule has 100 valence electrons. The largest absolute Gasteiger partial charge is 0.457 e. The van der Waals surface area contributed by atoms with Crippen LogP contribution in [0.3, 0.4) is 0 Å². The maximum absolute atomic E-state index is 5.82. The molecule has 1 heterocycles. The van der Waals surface area contributed by atoms with Crippen molar-refractivity contribution in [3.8, 4) is 11.5 Å². The van der Waals surface area contributed by atoms with Gasteiger partial charge in [-0.05, 0) is 40.3 Å². The zero-order valence-corrected chi connectivity index (χ0v) is 11.0.